The zero-order valence-electron chi connectivity index (χ0n) is 12.9. The van der Waals surface area contributed by atoms with E-state index in [4.69, 9.17) is 5.11 Å². The van der Waals surface area contributed by atoms with Crippen LogP contribution in [-0.2, 0) is 11.2 Å². The Kier molecular flexibility index (Phi) is 5.08. The van der Waals surface area contributed by atoms with E-state index in [0.29, 0.717) is 17.9 Å². The Labute approximate surface area is 131 Å². The van der Waals surface area contributed by atoms with Crippen LogP contribution in [0.3, 0.4) is 0 Å². The average molecular weight is 303 g/mol. The van der Waals surface area contributed by atoms with Crippen LogP contribution in [0.5, 0.6) is 0 Å². The second kappa shape index (κ2) is 7.22. The van der Waals surface area contributed by atoms with Crippen molar-refractivity contribution >= 4 is 5.91 Å². The first-order valence-electron chi connectivity index (χ1n) is 8.19. The van der Waals surface area contributed by atoms with Crippen LogP contribution >= 0.6 is 0 Å². The van der Waals surface area contributed by atoms with Crippen molar-refractivity contribution in [1.29, 1.82) is 0 Å². The van der Waals surface area contributed by atoms with Crippen LogP contribution in [0.15, 0.2) is 30.3 Å². The molecule has 2 aliphatic heterocycles. The fraction of sp³-hybridized carbons (Fsp3) is 0.588. The van der Waals surface area contributed by atoms with Crippen LogP contribution in [0.25, 0.3) is 0 Å². The zero-order valence-corrected chi connectivity index (χ0v) is 12.9. The van der Waals surface area contributed by atoms with Crippen LogP contribution in [0.1, 0.15) is 18.4 Å². The summed E-state index contributed by atoms with van der Waals surface area (Å²) in [4.78, 5) is 13.6. The molecule has 0 aliphatic carbocycles. The third kappa shape index (κ3) is 3.48. The zero-order chi connectivity index (χ0) is 15.4. The van der Waals surface area contributed by atoms with Crippen molar-refractivity contribution in [1.82, 2.24) is 15.8 Å². The molecule has 120 valence electrons. The van der Waals surface area contributed by atoms with E-state index in [0.717, 1.165) is 38.9 Å². The van der Waals surface area contributed by atoms with Crippen LogP contribution in [0, 0.1) is 11.8 Å². The summed E-state index contributed by atoms with van der Waals surface area (Å²) in [5, 5.41) is 9.07. The third-order valence-corrected chi connectivity index (χ3v) is 4.94. The summed E-state index contributed by atoms with van der Waals surface area (Å²) in [6, 6.07) is 11.0. The second-order valence-corrected chi connectivity index (χ2v) is 6.40. The smallest absolute Gasteiger partial charge is 0.248 e. The molecule has 5 heteroatoms. The molecule has 2 aliphatic rings. The molecule has 2 saturated heterocycles. The SMILES string of the molecule is O=C(CO)N1CCCC(C2NNCC2Cc2ccccc2)C1. The minimum Gasteiger partial charge on any atom is -0.387 e. The van der Waals surface area contributed by atoms with E-state index in [1.807, 2.05) is 11.0 Å². The highest BCUT2D eigenvalue weighted by Gasteiger charge is 2.36. The molecule has 22 heavy (non-hydrogen) atoms. The normalized spacial score (nSPS) is 28.8. The Morgan fingerprint density at radius 3 is 2.91 bits per heavy atom. The van der Waals surface area contributed by atoms with Crippen molar-refractivity contribution < 1.29 is 9.90 Å². The number of nitrogens with one attached hydrogen (secondary N) is 2. The van der Waals surface area contributed by atoms with Gasteiger partial charge in [0.2, 0.25) is 5.91 Å². The molecule has 1 aromatic carbocycles. The van der Waals surface area contributed by atoms with E-state index in [2.05, 4.69) is 35.1 Å². The van der Waals surface area contributed by atoms with Crippen molar-refractivity contribution in [3.8, 4) is 0 Å². The molecule has 3 unspecified atom stereocenters. The molecule has 1 amide bonds. The number of hydrogen-bond acceptors (Lipinski definition) is 4. The molecule has 2 fully saturated rings. The first kappa shape index (κ1) is 15.5. The van der Waals surface area contributed by atoms with Gasteiger partial charge in [-0.2, -0.15) is 0 Å². The van der Waals surface area contributed by atoms with Crippen molar-refractivity contribution in [2.75, 3.05) is 26.2 Å². The molecule has 3 atom stereocenters. The van der Waals surface area contributed by atoms with E-state index >= 15 is 0 Å². The van der Waals surface area contributed by atoms with Gasteiger partial charge in [-0.3, -0.25) is 15.6 Å². The van der Waals surface area contributed by atoms with E-state index in [-0.39, 0.29) is 12.5 Å². The van der Waals surface area contributed by atoms with Gasteiger partial charge in [0.1, 0.15) is 6.61 Å². The predicted molar refractivity (Wildman–Crippen MR) is 85.0 cm³/mol. The number of likely N-dealkylation sites (tertiary alicyclic amines) is 1. The highest BCUT2D eigenvalue weighted by molar-refractivity contribution is 5.77. The van der Waals surface area contributed by atoms with Gasteiger partial charge in [-0.25, -0.2) is 0 Å². The molecular formula is C17H25N3O2. The second-order valence-electron chi connectivity index (χ2n) is 6.40. The van der Waals surface area contributed by atoms with Gasteiger partial charge in [0, 0.05) is 25.7 Å². The number of amides is 1. The van der Waals surface area contributed by atoms with E-state index < -0.39 is 0 Å². The minimum absolute atomic E-state index is 0.143. The number of hydrogen-bond donors (Lipinski definition) is 3. The minimum atomic E-state index is -0.378. The quantitative estimate of drug-likeness (QED) is 0.760. The van der Waals surface area contributed by atoms with Crippen molar-refractivity contribution in [3.63, 3.8) is 0 Å². The molecule has 1 aromatic rings. The number of nitrogens with zero attached hydrogens (tertiary/aromatic N) is 1. The Morgan fingerprint density at radius 2 is 2.14 bits per heavy atom. The summed E-state index contributed by atoms with van der Waals surface area (Å²) in [5.41, 5.74) is 8.08. The Hall–Kier alpha value is -1.43. The Balaban J connectivity index is 1.63. The van der Waals surface area contributed by atoms with Gasteiger partial charge in [-0.1, -0.05) is 30.3 Å². The van der Waals surface area contributed by atoms with Crippen molar-refractivity contribution in [2.24, 2.45) is 11.8 Å². The largest absolute Gasteiger partial charge is 0.387 e. The lowest BCUT2D eigenvalue weighted by molar-refractivity contribution is -0.136. The summed E-state index contributed by atoms with van der Waals surface area (Å²) in [7, 11) is 0. The molecule has 5 nitrogen and oxygen atoms in total. The average Bonchev–Trinajstić information content (AvgIpc) is 3.03. The maximum Gasteiger partial charge on any atom is 0.248 e. The van der Waals surface area contributed by atoms with Gasteiger partial charge in [-0.05, 0) is 36.7 Å². The van der Waals surface area contributed by atoms with Crippen LogP contribution in [0.2, 0.25) is 0 Å². The highest BCUT2D eigenvalue weighted by Crippen LogP contribution is 2.27. The monoisotopic (exact) mass is 303 g/mol. The van der Waals surface area contributed by atoms with Crippen LogP contribution < -0.4 is 10.9 Å². The molecule has 0 bridgehead atoms. The number of carbonyl (C=O) groups excluding carboxylic acids is 1. The first-order chi connectivity index (χ1) is 10.8. The standard InChI is InChI=1S/C17H25N3O2/c21-12-16(22)20-8-4-7-14(11-20)17-15(10-18-19-17)9-13-5-2-1-3-6-13/h1-3,5-6,14-15,17-19,21H,4,7-12H2. The van der Waals surface area contributed by atoms with E-state index in [1.54, 1.807) is 0 Å². The molecule has 0 aromatic heterocycles. The fourth-order valence-electron chi connectivity index (χ4n) is 3.80. The Morgan fingerprint density at radius 1 is 1.32 bits per heavy atom. The van der Waals surface area contributed by atoms with E-state index in [1.165, 1.54) is 5.56 Å². The number of piperidine rings is 1. The number of benzene rings is 1. The highest BCUT2D eigenvalue weighted by atomic mass is 16.3. The molecule has 3 N–H and O–H groups in total. The van der Waals surface area contributed by atoms with Gasteiger partial charge < -0.3 is 10.0 Å². The summed E-state index contributed by atoms with van der Waals surface area (Å²) in [6.07, 6.45) is 3.21. The van der Waals surface area contributed by atoms with Crippen molar-refractivity contribution in [3.05, 3.63) is 35.9 Å². The topological polar surface area (TPSA) is 64.6 Å². The van der Waals surface area contributed by atoms with Gasteiger partial charge in [0.25, 0.3) is 0 Å². The maximum atomic E-state index is 11.7. The Bertz CT molecular complexity index is 494. The maximum absolute atomic E-state index is 11.7. The third-order valence-electron chi connectivity index (χ3n) is 4.94. The molecular weight excluding hydrogens is 278 g/mol. The van der Waals surface area contributed by atoms with Crippen LogP contribution in [-0.4, -0.2) is 48.2 Å². The molecule has 3 rings (SSSR count). The number of rotatable bonds is 4. The first-order valence-corrected chi connectivity index (χ1v) is 8.19. The van der Waals surface area contributed by atoms with Gasteiger partial charge in [0.15, 0.2) is 0 Å². The molecule has 0 radical (unpaired) electrons. The van der Waals surface area contributed by atoms with Crippen LogP contribution in [0.4, 0.5) is 0 Å². The number of hydrazine groups is 1. The van der Waals surface area contributed by atoms with E-state index in [9.17, 15) is 4.79 Å². The predicted octanol–water partition coefficient (Wildman–Crippen LogP) is 0.553. The summed E-state index contributed by atoms with van der Waals surface area (Å²) < 4.78 is 0. The number of aliphatic hydroxyl groups is 1. The van der Waals surface area contributed by atoms with Gasteiger partial charge >= 0.3 is 0 Å². The lowest BCUT2D eigenvalue weighted by atomic mass is 9.81. The van der Waals surface area contributed by atoms with Gasteiger partial charge in [0.05, 0.1) is 0 Å². The number of aliphatic hydroxyl groups excluding tert-OH is 1. The lowest BCUT2D eigenvalue weighted by Gasteiger charge is -2.37. The summed E-state index contributed by atoms with van der Waals surface area (Å²) >= 11 is 0. The number of carbonyl (C=O) groups is 1. The lowest BCUT2D eigenvalue weighted by Crippen LogP contribution is -2.49. The summed E-state index contributed by atoms with van der Waals surface area (Å²) in [6.45, 7) is 2.12. The van der Waals surface area contributed by atoms with Gasteiger partial charge in [-0.15, -0.1) is 0 Å². The van der Waals surface area contributed by atoms with Crippen molar-refractivity contribution in [2.45, 2.75) is 25.3 Å². The molecule has 0 spiro atoms. The molecule has 2 heterocycles. The fourth-order valence-corrected chi connectivity index (χ4v) is 3.80. The summed E-state index contributed by atoms with van der Waals surface area (Å²) in [5.74, 6) is 0.847. The molecule has 0 saturated carbocycles.